The van der Waals surface area contributed by atoms with Crippen molar-refractivity contribution < 1.29 is 0 Å². The van der Waals surface area contributed by atoms with E-state index in [1.165, 1.54) is 16.3 Å². The molecule has 1 unspecified atom stereocenters. The number of aryl methyl sites for hydroxylation is 1. The molecule has 1 aliphatic heterocycles. The zero-order valence-electron chi connectivity index (χ0n) is 35.5. The van der Waals surface area contributed by atoms with Crippen LogP contribution in [0.2, 0.25) is 0 Å². The highest BCUT2D eigenvalue weighted by Gasteiger charge is 2.24. The van der Waals surface area contributed by atoms with Crippen LogP contribution in [0.4, 0.5) is 5.69 Å². The Balaban J connectivity index is 1.09. The van der Waals surface area contributed by atoms with Gasteiger partial charge in [-0.15, -0.1) is 0 Å². The number of rotatable bonds is 9. The molecule has 0 saturated heterocycles. The van der Waals surface area contributed by atoms with Crippen molar-refractivity contribution in [3.05, 3.63) is 216 Å². The Kier molecular flexibility index (Phi) is 11.4. The fourth-order valence-electron chi connectivity index (χ4n) is 8.43. The molecule has 2 N–H and O–H groups in total. The number of nitrogens with two attached hydrogens (primary N) is 1. The van der Waals surface area contributed by atoms with E-state index in [1.54, 1.807) is 0 Å². The first-order valence-electron chi connectivity index (χ1n) is 21.3. The number of aliphatic imine (C=N–C) groups is 1. The molecule has 9 rings (SSSR count). The molecule has 0 fully saturated rings. The molecule has 0 bridgehead atoms. The summed E-state index contributed by atoms with van der Waals surface area (Å²) in [5.41, 5.74) is 18.3. The van der Waals surface area contributed by atoms with Gasteiger partial charge >= 0.3 is 0 Å². The summed E-state index contributed by atoms with van der Waals surface area (Å²) >= 11 is 0. The van der Waals surface area contributed by atoms with E-state index in [-0.39, 0.29) is 6.17 Å². The highest BCUT2D eigenvalue weighted by molar-refractivity contribution is 6.13. The SMILES string of the molecule is C=C1/C=C\C=C/Cc2c(ccc3c2c2ccccc2n3-c2ccc(-c3nc(C)nc(C4=CCC=CC=C4)n3)cc2)N1C1=CCC=C(/C(N)=N/C(c2ccccc2)N(C)CC)C=C1. The van der Waals surface area contributed by atoms with Gasteiger partial charge in [0, 0.05) is 44.6 Å². The number of anilines is 1. The molecule has 3 heterocycles. The van der Waals surface area contributed by atoms with E-state index in [9.17, 15) is 0 Å². The lowest BCUT2D eigenvalue weighted by molar-refractivity contribution is 0.266. The lowest BCUT2D eigenvalue weighted by atomic mass is 9.99. The zero-order chi connectivity index (χ0) is 42.6. The van der Waals surface area contributed by atoms with Crippen molar-refractivity contribution in [1.82, 2.24) is 24.4 Å². The van der Waals surface area contributed by atoms with Crippen molar-refractivity contribution >= 4 is 38.9 Å². The second-order valence-corrected chi connectivity index (χ2v) is 15.6. The lowest BCUT2D eigenvalue weighted by Crippen LogP contribution is -2.26. The van der Waals surface area contributed by atoms with Gasteiger partial charge in [-0.05, 0) is 112 Å². The number of hydrogen-bond donors (Lipinski definition) is 1. The van der Waals surface area contributed by atoms with Gasteiger partial charge in [0.05, 0.1) is 16.7 Å². The number of benzene rings is 4. The van der Waals surface area contributed by atoms with Gasteiger partial charge in [-0.2, -0.15) is 0 Å². The second kappa shape index (κ2) is 17.7. The first-order valence-corrected chi connectivity index (χ1v) is 21.3. The van der Waals surface area contributed by atoms with E-state index in [1.807, 2.05) is 31.2 Å². The van der Waals surface area contributed by atoms with E-state index in [0.29, 0.717) is 29.7 Å². The van der Waals surface area contributed by atoms with Gasteiger partial charge in [0.1, 0.15) is 17.8 Å². The van der Waals surface area contributed by atoms with E-state index in [2.05, 4.69) is 186 Å². The maximum absolute atomic E-state index is 6.80. The minimum Gasteiger partial charge on any atom is -0.383 e. The molecule has 0 saturated carbocycles. The Morgan fingerprint density at radius 1 is 0.774 bits per heavy atom. The molecule has 2 aliphatic carbocycles. The Labute approximate surface area is 363 Å². The number of para-hydroxylation sites is 1. The predicted octanol–water partition coefficient (Wildman–Crippen LogP) is 11.6. The lowest BCUT2D eigenvalue weighted by Gasteiger charge is -2.29. The van der Waals surface area contributed by atoms with Crippen LogP contribution in [0.5, 0.6) is 0 Å². The average Bonchev–Trinajstić information content (AvgIpc) is 3.47. The third-order valence-corrected chi connectivity index (χ3v) is 11.6. The van der Waals surface area contributed by atoms with Crippen LogP contribution in [-0.4, -0.2) is 43.8 Å². The van der Waals surface area contributed by atoms with E-state index in [0.717, 1.165) is 75.5 Å². The third-order valence-electron chi connectivity index (χ3n) is 11.6. The molecule has 0 spiro atoms. The number of aromatic nitrogens is 4. The zero-order valence-corrected chi connectivity index (χ0v) is 35.5. The minimum atomic E-state index is -0.186. The Hall–Kier alpha value is -7.42. The summed E-state index contributed by atoms with van der Waals surface area (Å²) in [5.74, 6) is 2.54. The number of allylic oxidation sites excluding steroid dienone is 13. The molecular weight excluding hydrogens is 761 g/mol. The molecule has 3 aliphatic rings. The van der Waals surface area contributed by atoms with Crippen molar-refractivity contribution in [3.63, 3.8) is 0 Å². The van der Waals surface area contributed by atoms with E-state index >= 15 is 0 Å². The molecule has 4 aromatic carbocycles. The van der Waals surface area contributed by atoms with E-state index < -0.39 is 0 Å². The van der Waals surface area contributed by atoms with Crippen molar-refractivity contribution in [2.24, 2.45) is 10.7 Å². The Bertz CT molecular complexity index is 2970. The topological polar surface area (TPSA) is 88.5 Å². The summed E-state index contributed by atoms with van der Waals surface area (Å²) in [7, 11) is 2.08. The van der Waals surface area contributed by atoms with Crippen LogP contribution in [0, 0.1) is 6.92 Å². The summed E-state index contributed by atoms with van der Waals surface area (Å²) in [6, 6.07) is 32.1. The van der Waals surface area contributed by atoms with Gasteiger partial charge in [-0.1, -0.05) is 123 Å². The van der Waals surface area contributed by atoms with Gasteiger partial charge < -0.3 is 15.2 Å². The number of amidine groups is 1. The summed E-state index contributed by atoms with van der Waals surface area (Å²) in [5, 5.41) is 2.40. The molecule has 8 nitrogen and oxygen atoms in total. The van der Waals surface area contributed by atoms with Crippen LogP contribution in [0.25, 0.3) is 44.5 Å². The number of hydrogen-bond acceptors (Lipinski definition) is 6. The van der Waals surface area contributed by atoms with Crippen molar-refractivity contribution in [1.29, 1.82) is 0 Å². The molecule has 1 atom stereocenters. The normalized spacial score (nSPS) is 17.1. The van der Waals surface area contributed by atoms with E-state index in [4.69, 9.17) is 20.7 Å². The van der Waals surface area contributed by atoms with Crippen LogP contribution in [0.3, 0.4) is 0 Å². The molecule has 0 radical (unpaired) electrons. The Morgan fingerprint density at radius 3 is 2.39 bits per heavy atom. The van der Waals surface area contributed by atoms with Crippen LogP contribution in [-0.2, 0) is 6.42 Å². The van der Waals surface area contributed by atoms with Gasteiger partial charge in [-0.25, -0.2) is 19.9 Å². The monoisotopic (exact) mass is 810 g/mol. The molecule has 306 valence electrons. The van der Waals surface area contributed by atoms with Gasteiger partial charge in [0.2, 0.25) is 0 Å². The number of nitrogens with zero attached hydrogens (tertiary/aromatic N) is 7. The van der Waals surface area contributed by atoms with Crippen molar-refractivity contribution in [3.8, 4) is 17.1 Å². The predicted molar refractivity (Wildman–Crippen MR) is 258 cm³/mol. The molecule has 62 heavy (non-hydrogen) atoms. The fraction of sp³-hybridized carbons (Fsp3) is 0.148. The van der Waals surface area contributed by atoms with Crippen LogP contribution >= 0.6 is 0 Å². The molecule has 2 aromatic heterocycles. The van der Waals surface area contributed by atoms with Gasteiger partial charge in [0.25, 0.3) is 0 Å². The largest absolute Gasteiger partial charge is 0.383 e. The first kappa shape index (κ1) is 40.0. The van der Waals surface area contributed by atoms with Crippen LogP contribution in [0.1, 0.15) is 48.7 Å². The van der Waals surface area contributed by atoms with Gasteiger partial charge in [0.15, 0.2) is 11.6 Å². The molecule has 6 aromatic rings. The minimum absolute atomic E-state index is 0.186. The van der Waals surface area contributed by atoms with Gasteiger partial charge in [-0.3, -0.25) is 4.90 Å². The third kappa shape index (κ3) is 7.96. The number of fused-ring (bicyclic) bond motifs is 5. The van der Waals surface area contributed by atoms with Crippen molar-refractivity contribution in [2.45, 2.75) is 39.3 Å². The standard InChI is InChI=1S/C54H50N8/c1-5-60(4)54(42-22-13-9-14-23-42)58-51(55)39-24-18-25-43(32-29-39)61-37(2)19-10-8-15-26-46-48(61)35-36-49-50(46)45-27-16-17-28-47(45)62(49)44-33-30-41(31-34-44)53-57-38(3)56-52(59-53)40-20-11-6-7-12-21-40/h6-11,13-17,19-25,27-36,54H,2,5,12,18,26H2,1,3-4H3,(H2,55,58)/b15-8-,19-10-. The Morgan fingerprint density at radius 2 is 1.55 bits per heavy atom. The molecule has 0 amide bonds. The van der Waals surface area contributed by atoms with Crippen LogP contribution in [0.15, 0.2) is 199 Å². The first-order chi connectivity index (χ1) is 30.4. The second-order valence-electron chi connectivity index (χ2n) is 15.6. The van der Waals surface area contributed by atoms with Crippen molar-refractivity contribution in [2.75, 3.05) is 18.5 Å². The highest BCUT2D eigenvalue weighted by atomic mass is 15.2. The maximum Gasteiger partial charge on any atom is 0.163 e. The molecule has 8 heteroatoms. The summed E-state index contributed by atoms with van der Waals surface area (Å²) in [6.45, 7) is 9.50. The summed E-state index contributed by atoms with van der Waals surface area (Å²) in [6.07, 6.45) is 29.6. The fourth-order valence-corrected chi connectivity index (χ4v) is 8.43. The maximum atomic E-state index is 6.80. The summed E-state index contributed by atoms with van der Waals surface area (Å²) < 4.78 is 2.36. The highest BCUT2D eigenvalue weighted by Crippen LogP contribution is 2.41. The smallest absolute Gasteiger partial charge is 0.163 e. The summed E-state index contributed by atoms with van der Waals surface area (Å²) in [4.78, 5) is 23.9. The quantitative estimate of drug-likeness (QED) is 0.116. The van der Waals surface area contributed by atoms with Crippen LogP contribution < -0.4 is 10.6 Å². The average molecular weight is 811 g/mol. The molecular formula is C54H50N8.